The molecule has 0 saturated carbocycles. The van der Waals surface area contributed by atoms with E-state index in [0.29, 0.717) is 80.2 Å². The van der Waals surface area contributed by atoms with Crippen molar-refractivity contribution in [1.29, 1.82) is 0 Å². The minimum atomic E-state index is -0.422. The maximum Gasteiger partial charge on any atom is 0.262 e. The van der Waals surface area contributed by atoms with Crippen LogP contribution in [0.2, 0.25) is 0 Å². The topological polar surface area (TPSA) is 170 Å². The lowest BCUT2D eigenvalue weighted by atomic mass is 10.0. The monoisotopic (exact) mass is 702 g/mol. The fourth-order valence-corrected chi connectivity index (χ4v) is 6.24. The molecule has 2 amide bonds. The molecule has 2 aromatic carbocycles. The van der Waals surface area contributed by atoms with E-state index in [9.17, 15) is 18.4 Å². The summed E-state index contributed by atoms with van der Waals surface area (Å²) >= 11 is 0. The number of nitrogens with zero attached hydrogens (tertiary/aromatic N) is 6. The average molecular weight is 703 g/mol. The van der Waals surface area contributed by atoms with Gasteiger partial charge in [-0.1, -0.05) is 36.4 Å². The number of hydrogen-bond acceptors (Lipinski definition) is 10. The lowest BCUT2D eigenvalue weighted by Gasteiger charge is -2.20. The second kappa shape index (κ2) is 13.2. The van der Waals surface area contributed by atoms with Gasteiger partial charge in [-0.15, -0.1) is 0 Å². The predicted octanol–water partition coefficient (Wildman–Crippen LogP) is 6.49. The molecule has 1 unspecified atom stereocenters. The molecule has 0 radical (unpaired) electrons. The Morgan fingerprint density at radius 2 is 1.27 bits per heavy atom. The molecular weight excluding hydrogens is 670 g/mol. The van der Waals surface area contributed by atoms with Gasteiger partial charge >= 0.3 is 0 Å². The number of aromatic nitrogens is 4. The molecule has 2 aliphatic rings. The van der Waals surface area contributed by atoms with Crippen LogP contribution in [0.1, 0.15) is 60.8 Å². The SMILES string of the molecule is Cc1ccc(-c2nc(N)nc3c2C(=O)N(C)/C3=C\c2ccccc2F)o1.Cc1ccc(-c2nc(N)nc3c2C(=O)N(C)C3Cc2ccccc2F)o1. The van der Waals surface area contributed by atoms with Gasteiger partial charge in [-0.3, -0.25) is 9.59 Å². The number of hydrogen-bond donors (Lipinski definition) is 2. The molecule has 4 N–H and O–H groups in total. The van der Waals surface area contributed by atoms with Crippen LogP contribution in [0, 0.1) is 25.5 Å². The normalized spacial score (nSPS) is 15.6. The van der Waals surface area contributed by atoms with Gasteiger partial charge in [-0.25, -0.2) is 28.7 Å². The fourth-order valence-electron chi connectivity index (χ4n) is 6.24. The first kappa shape index (κ1) is 33.8. The van der Waals surface area contributed by atoms with Gasteiger partial charge in [0, 0.05) is 26.1 Å². The molecule has 6 heterocycles. The zero-order valence-corrected chi connectivity index (χ0v) is 28.5. The summed E-state index contributed by atoms with van der Waals surface area (Å²) in [7, 11) is 3.27. The van der Waals surface area contributed by atoms with Gasteiger partial charge in [-0.05, 0) is 61.9 Å². The molecule has 6 aromatic rings. The van der Waals surface area contributed by atoms with Gasteiger partial charge in [0.15, 0.2) is 11.5 Å². The van der Waals surface area contributed by atoms with E-state index in [0.717, 1.165) is 0 Å². The number of furan rings is 2. The molecule has 262 valence electrons. The van der Waals surface area contributed by atoms with Crippen molar-refractivity contribution in [2.24, 2.45) is 0 Å². The average Bonchev–Trinajstić information content (AvgIpc) is 3.86. The van der Waals surface area contributed by atoms with Crippen molar-refractivity contribution < 1.29 is 27.2 Å². The molecule has 14 heteroatoms. The Kier molecular flexibility index (Phi) is 8.58. The number of nitrogen functional groups attached to an aromatic ring is 2. The molecule has 12 nitrogen and oxygen atoms in total. The van der Waals surface area contributed by atoms with Crippen molar-refractivity contribution in [2.75, 3.05) is 25.6 Å². The van der Waals surface area contributed by atoms with Gasteiger partial charge in [0.2, 0.25) is 11.9 Å². The van der Waals surface area contributed by atoms with Crippen molar-refractivity contribution in [3.8, 4) is 22.9 Å². The second-order valence-electron chi connectivity index (χ2n) is 12.3. The quantitative estimate of drug-likeness (QED) is 0.203. The van der Waals surface area contributed by atoms with Gasteiger partial charge in [0.25, 0.3) is 11.8 Å². The number of nitrogens with two attached hydrogens (primary N) is 2. The third-order valence-corrected chi connectivity index (χ3v) is 8.84. The van der Waals surface area contributed by atoms with E-state index in [2.05, 4.69) is 19.9 Å². The Bertz CT molecular complexity index is 2420. The standard InChI is InChI=1S/C19H17FN4O2.C19H15FN4O2/c2*1-10-7-8-14(26-10)17-15-16(22-19(21)23-17)13(24(2)18(15)25)9-11-5-3-4-6-12(11)20/h3-8,13H,9H2,1-2H3,(H2,21,22,23);3-9H,1-2H3,(H2,21,22,23)/b;13-9-. The van der Waals surface area contributed by atoms with Crippen molar-refractivity contribution >= 4 is 35.5 Å². The molecule has 2 aliphatic heterocycles. The van der Waals surface area contributed by atoms with E-state index in [1.165, 1.54) is 17.0 Å². The second-order valence-corrected chi connectivity index (χ2v) is 12.3. The van der Waals surface area contributed by atoms with Crippen LogP contribution in [-0.4, -0.2) is 55.6 Å². The molecule has 0 bridgehead atoms. The summed E-state index contributed by atoms with van der Waals surface area (Å²) < 4.78 is 39.4. The van der Waals surface area contributed by atoms with Crippen LogP contribution in [-0.2, 0) is 6.42 Å². The highest BCUT2D eigenvalue weighted by atomic mass is 19.1. The first-order valence-electron chi connectivity index (χ1n) is 16.1. The number of halogens is 2. The van der Waals surface area contributed by atoms with Crippen LogP contribution in [0.25, 0.3) is 34.7 Å². The summed E-state index contributed by atoms with van der Waals surface area (Å²) in [5.41, 5.74) is 15.3. The molecule has 0 aliphatic carbocycles. The summed E-state index contributed by atoms with van der Waals surface area (Å²) in [6.45, 7) is 3.61. The van der Waals surface area contributed by atoms with Crippen LogP contribution in [0.5, 0.6) is 0 Å². The minimum Gasteiger partial charge on any atom is -0.460 e. The lowest BCUT2D eigenvalue weighted by Crippen LogP contribution is -2.25. The Labute approximate surface area is 296 Å². The maximum atomic E-state index is 14.1. The minimum absolute atomic E-state index is 0.00957. The molecular formula is C38H32F2N8O4. The number of carbonyl (C=O) groups excluding carboxylic acids is 2. The lowest BCUT2D eigenvalue weighted by molar-refractivity contribution is 0.0772. The smallest absolute Gasteiger partial charge is 0.262 e. The first-order chi connectivity index (χ1) is 24.9. The van der Waals surface area contributed by atoms with Crippen molar-refractivity contribution in [2.45, 2.75) is 26.3 Å². The summed E-state index contributed by atoms with van der Waals surface area (Å²) in [6, 6.07) is 19.4. The van der Waals surface area contributed by atoms with E-state index in [1.54, 1.807) is 92.7 Å². The molecule has 8 rings (SSSR count). The fraction of sp³-hybridized carbons (Fsp3) is 0.158. The number of likely N-dealkylation sites (N-methyl/N-ethyl adjacent to an activating group) is 1. The Hall–Kier alpha value is -6.70. The van der Waals surface area contributed by atoms with Gasteiger partial charge in [0.1, 0.15) is 40.2 Å². The van der Waals surface area contributed by atoms with Crippen molar-refractivity contribution in [1.82, 2.24) is 29.7 Å². The van der Waals surface area contributed by atoms with E-state index in [1.807, 2.05) is 6.92 Å². The highest BCUT2D eigenvalue weighted by Gasteiger charge is 2.40. The third kappa shape index (κ3) is 6.04. The van der Waals surface area contributed by atoms with Crippen LogP contribution in [0.15, 0.2) is 81.6 Å². The van der Waals surface area contributed by atoms with E-state index in [4.69, 9.17) is 20.3 Å². The van der Waals surface area contributed by atoms with Crippen molar-refractivity contribution in [3.63, 3.8) is 0 Å². The summed E-state index contributed by atoms with van der Waals surface area (Å²) in [6.07, 6.45) is 1.87. The molecule has 0 spiro atoms. The number of carbonyl (C=O) groups is 2. The summed E-state index contributed by atoms with van der Waals surface area (Å²) in [5.74, 6) is 1.10. The number of fused-ring (bicyclic) bond motifs is 2. The number of amides is 2. The Morgan fingerprint density at radius 3 is 1.87 bits per heavy atom. The Balaban J connectivity index is 0.000000162. The number of aryl methyl sites for hydroxylation is 2. The number of anilines is 2. The predicted molar refractivity (Wildman–Crippen MR) is 189 cm³/mol. The zero-order valence-electron chi connectivity index (χ0n) is 28.5. The van der Waals surface area contributed by atoms with Crippen LogP contribution >= 0.6 is 0 Å². The largest absolute Gasteiger partial charge is 0.460 e. The maximum absolute atomic E-state index is 14.1. The zero-order chi connectivity index (χ0) is 36.8. The Morgan fingerprint density at radius 1 is 0.712 bits per heavy atom. The summed E-state index contributed by atoms with van der Waals surface area (Å²) in [4.78, 5) is 45.6. The first-order valence-corrected chi connectivity index (χ1v) is 16.1. The number of benzene rings is 2. The molecule has 52 heavy (non-hydrogen) atoms. The van der Waals surface area contributed by atoms with Crippen LogP contribution in [0.4, 0.5) is 20.7 Å². The molecule has 1 atom stereocenters. The van der Waals surface area contributed by atoms with Gasteiger partial charge < -0.3 is 30.1 Å². The molecule has 4 aromatic heterocycles. The van der Waals surface area contributed by atoms with E-state index >= 15 is 0 Å². The number of rotatable bonds is 5. The molecule has 0 saturated heterocycles. The van der Waals surface area contributed by atoms with E-state index < -0.39 is 11.9 Å². The third-order valence-electron chi connectivity index (χ3n) is 8.84. The molecule has 0 fully saturated rings. The van der Waals surface area contributed by atoms with Gasteiger partial charge in [0.05, 0.1) is 28.6 Å². The highest BCUT2D eigenvalue weighted by Crippen LogP contribution is 2.40. The van der Waals surface area contributed by atoms with Crippen LogP contribution in [0.3, 0.4) is 0 Å². The van der Waals surface area contributed by atoms with E-state index in [-0.39, 0.29) is 29.5 Å². The van der Waals surface area contributed by atoms with Crippen LogP contribution < -0.4 is 11.5 Å². The van der Waals surface area contributed by atoms with Gasteiger partial charge in [-0.2, -0.15) is 0 Å². The van der Waals surface area contributed by atoms with Crippen molar-refractivity contribution in [3.05, 3.63) is 130 Å². The summed E-state index contributed by atoms with van der Waals surface area (Å²) in [5, 5.41) is 0. The highest BCUT2D eigenvalue weighted by molar-refractivity contribution is 6.14.